The molecule has 0 fully saturated rings. The third-order valence-electron chi connectivity index (χ3n) is 2.60. The first kappa shape index (κ1) is 12.8. The van der Waals surface area contributed by atoms with Crippen molar-refractivity contribution in [2.45, 2.75) is 13.5 Å². The van der Waals surface area contributed by atoms with Crippen LogP contribution in [0.15, 0.2) is 36.4 Å². The second-order valence-corrected chi connectivity index (χ2v) is 4.23. The fraction of sp³-hybridized carbons (Fsp3) is 0.231. The number of anilines is 1. The molecule has 0 N–H and O–H groups in total. The van der Waals surface area contributed by atoms with Gasteiger partial charge in [0.05, 0.1) is 12.2 Å². The number of rotatable bonds is 4. The Morgan fingerprint density at radius 1 is 1.22 bits per heavy atom. The number of halogens is 2. The van der Waals surface area contributed by atoms with E-state index in [0.717, 1.165) is 17.9 Å². The van der Waals surface area contributed by atoms with E-state index in [1.807, 2.05) is 24.0 Å². The van der Waals surface area contributed by atoms with Crippen LogP contribution in [0.4, 0.5) is 10.1 Å². The summed E-state index contributed by atoms with van der Waals surface area (Å²) >= 11 is 5.68. The highest BCUT2D eigenvalue weighted by Gasteiger charge is 2.07. The number of benzene rings is 1. The largest absolute Gasteiger partial charge is 0.366 e. The Morgan fingerprint density at radius 3 is 2.67 bits per heavy atom. The van der Waals surface area contributed by atoms with Gasteiger partial charge >= 0.3 is 0 Å². The topological polar surface area (TPSA) is 29.0 Å². The first-order valence-electron chi connectivity index (χ1n) is 5.67. The molecule has 1 aromatic heterocycles. The van der Waals surface area contributed by atoms with Crippen molar-refractivity contribution in [1.82, 2.24) is 10.2 Å². The van der Waals surface area contributed by atoms with Gasteiger partial charge in [-0.2, -0.15) is 5.10 Å². The summed E-state index contributed by atoms with van der Waals surface area (Å²) in [5, 5.41) is 8.16. The Morgan fingerprint density at radius 2 is 2.06 bits per heavy atom. The van der Waals surface area contributed by atoms with Crippen LogP contribution in [0, 0.1) is 5.82 Å². The van der Waals surface area contributed by atoms with Crippen LogP contribution >= 0.6 is 11.6 Å². The quantitative estimate of drug-likeness (QED) is 0.849. The highest BCUT2D eigenvalue weighted by atomic mass is 35.5. The zero-order chi connectivity index (χ0) is 13.0. The van der Waals surface area contributed by atoms with Gasteiger partial charge in [-0.15, -0.1) is 5.10 Å². The summed E-state index contributed by atoms with van der Waals surface area (Å²) < 4.78 is 13.2. The molecule has 3 nitrogen and oxygen atoms in total. The molecule has 0 radical (unpaired) electrons. The van der Waals surface area contributed by atoms with Gasteiger partial charge in [0.1, 0.15) is 5.82 Å². The van der Waals surface area contributed by atoms with E-state index in [9.17, 15) is 4.39 Å². The molecule has 94 valence electrons. The predicted octanol–water partition coefficient (Wildman–Crippen LogP) is 3.30. The first-order valence-corrected chi connectivity index (χ1v) is 6.05. The van der Waals surface area contributed by atoms with E-state index in [4.69, 9.17) is 11.6 Å². The fourth-order valence-electron chi connectivity index (χ4n) is 1.68. The van der Waals surface area contributed by atoms with Crippen molar-refractivity contribution in [3.05, 3.63) is 53.1 Å². The van der Waals surface area contributed by atoms with Crippen molar-refractivity contribution in [2.75, 3.05) is 11.4 Å². The van der Waals surface area contributed by atoms with Gasteiger partial charge in [0.2, 0.25) is 0 Å². The van der Waals surface area contributed by atoms with Gasteiger partial charge in [0, 0.05) is 12.2 Å². The van der Waals surface area contributed by atoms with Crippen LogP contribution in [0.3, 0.4) is 0 Å². The molecule has 0 atom stereocenters. The van der Waals surface area contributed by atoms with Crippen molar-refractivity contribution < 1.29 is 4.39 Å². The van der Waals surface area contributed by atoms with E-state index >= 15 is 0 Å². The highest BCUT2D eigenvalue weighted by Crippen LogP contribution is 2.17. The molecule has 0 aliphatic rings. The Kier molecular flexibility index (Phi) is 4.10. The molecule has 0 amide bonds. The van der Waals surface area contributed by atoms with Gasteiger partial charge in [0.15, 0.2) is 5.15 Å². The van der Waals surface area contributed by atoms with Gasteiger partial charge < -0.3 is 4.90 Å². The normalized spacial score (nSPS) is 10.4. The molecule has 0 unspecified atom stereocenters. The minimum Gasteiger partial charge on any atom is -0.366 e. The smallest absolute Gasteiger partial charge is 0.151 e. The molecule has 0 bridgehead atoms. The average Bonchev–Trinajstić information content (AvgIpc) is 2.38. The van der Waals surface area contributed by atoms with Crippen molar-refractivity contribution >= 4 is 17.3 Å². The summed E-state index contributed by atoms with van der Waals surface area (Å²) in [7, 11) is 0. The molecule has 0 saturated heterocycles. The van der Waals surface area contributed by atoms with Crippen molar-refractivity contribution in [1.29, 1.82) is 0 Å². The summed E-state index contributed by atoms with van der Waals surface area (Å²) in [4.78, 5) is 2.01. The summed E-state index contributed by atoms with van der Waals surface area (Å²) in [6.07, 6.45) is 0. The average molecular weight is 266 g/mol. The van der Waals surface area contributed by atoms with Gasteiger partial charge in [-0.05, 0) is 37.3 Å². The van der Waals surface area contributed by atoms with E-state index < -0.39 is 0 Å². The van der Waals surface area contributed by atoms with Crippen LogP contribution in [0.1, 0.15) is 12.6 Å². The predicted molar refractivity (Wildman–Crippen MR) is 70.2 cm³/mol. The minimum absolute atomic E-state index is 0.242. The Labute approximate surface area is 110 Å². The second-order valence-electron chi connectivity index (χ2n) is 3.84. The summed E-state index contributed by atoms with van der Waals surface area (Å²) in [6, 6.07) is 10.0. The number of nitrogens with zero attached hydrogens (tertiary/aromatic N) is 3. The van der Waals surface area contributed by atoms with E-state index in [2.05, 4.69) is 10.2 Å². The molecule has 18 heavy (non-hydrogen) atoms. The molecule has 0 aliphatic carbocycles. The SMILES string of the molecule is CCN(Cc1ccc(Cl)nn1)c1cccc(F)c1. The molecule has 2 aromatic rings. The molecule has 1 aromatic carbocycles. The van der Waals surface area contributed by atoms with Gasteiger partial charge in [-0.1, -0.05) is 17.7 Å². The lowest BCUT2D eigenvalue weighted by molar-refractivity contribution is 0.626. The molecule has 0 aliphatic heterocycles. The van der Waals surface area contributed by atoms with Crippen molar-refractivity contribution in [3.8, 4) is 0 Å². The Hall–Kier alpha value is -1.68. The molecular formula is C13H13ClFN3. The van der Waals surface area contributed by atoms with Crippen LogP contribution in [-0.4, -0.2) is 16.7 Å². The summed E-state index contributed by atoms with van der Waals surface area (Å²) in [6.45, 7) is 3.34. The number of aromatic nitrogens is 2. The Balaban J connectivity index is 2.17. The van der Waals surface area contributed by atoms with Crippen LogP contribution in [0.2, 0.25) is 5.15 Å². The van der Waals surface area contributed by atoms with E-state index in [-0.39, 0.29) is 5.82 Å². The van der Waals surface area contributed by atoms with E-state index in [0.29, 0.717) is 11.7 Å². The monoisotopic (exact) mass is 265 g/mol. The maximum Gasteiger partial charge on any atom is 0.151 e. The van der Waals surface area contributed by atoms with Gasteiger partial charge in [-0.3, -0.25) is 0 Å². The summed E-state index contributed by atoms with van der Waals surface area (Å²) in [5.41, 5.74) is 1.62. The molecular weight excluding hydrogens is 253 g/mol. The molecule has 0 spiro atoms. The number of hydrogen-bond donors (Lipinski definition) is 0. The molecule has 5 heteroatoms. The Bertz CT molecular complexity index is 516. The summed E-state index contributed by atoms with van der Waals surface area (Å²) in [5.74, 6) is -0.242. The fourth-order valence-corrected chi connectivity index (χ4v) is 1.78. The van der Waals surface area contributed by atoms with E-state index in [1.54, 1.807) is 12.1 Å². The van der Waals surface area contributed by atoms with Crippen LogP contribution in [-0.2, 0) is 6.54 Å². The second kappa shape index (κ2) is 5.78. The zero-order valence-electron chi connectivity index (χ0n) is 9.98. The maximum absolute atomic E-state index is 13.2. The zero-order valence-corrected chi connectivity index (χ0v) is 10.7. The molecule has 1 heterocycles. The third-order valence-corrected chi connectivity index (χ3v) is 2.80. The lowest BCUT2D eigenvalue weighted by Gasteiger charge is -2.22. The molecule has 2 rings (SSSR count). The lowest BCUT2D eigenvalue weighted by atomic mass is 10.2. The van der Waals surface area contributed by atoms with Gasteiger partial charge in [0.25, 0.3) is 0 Å². The minimum atomic E-state index is -0.242. The van der Waals surface area contributed by atoms with Gasteiger partial charge in [-0.25, -0.2) is 4.39 Å². The third kappa shape index (κ3) is 3.17. The molecule has 0 saturated carbocycles. The number of hydrogen-bond acceptors (Lipinski definition) is 3. The van der Waals surface area contributed by atoms with E-state index in [1.165, 1.54) is 12.1 Å². The maximum atomic E-state index is 13.2. The van der Waals surface area contributed by atoms with Crippen LogP contribution < -0.4 is 4.90 Å². The first-order chi connectivity index (χ1) is 8.69. The van der Waals surface area contributed by atoms with Crippen molar-refractivity contribution in [3.63, 3.8) is 0 Å². The lowest BCUT2D eigenvalue weighted by Crippen LogP contribution is -2.22. The standard InChI is InChI=1S/C13H13ClFN3/c1-2-18(12-5-3-4-10(15)8-12)9-11-6-7-13(14)17-16-11/h3-8H,2,9H2,1H3. The van der Waals surface area contributed by atoms with Crippen LogP contribution in [0.5, 0.6) is 0 Å². The van der Waals surface area contributed by atoms with Crippen LogP contribution in [0.25, 0.3) is 0 Å². The van der Waals surface area contributed by atoms with Crippen molar-refractivity contribution in [2.24, 2.45) is 0 Å². The highest BCUT2D eigenvalue weighted by molar-refractivity contribution is 6.29.